The first kappa shape index (κ1) is 21.4. The van der Waals surface area contributed by atoms with Crippen molar-refractivity contribution in [3.63, 3.8) is 0 Å². The van der Waals surface area contributed by atoms with E-state index in [1.54, 1.807) is 54.7 Å². The second-order valence-electron chi connectivity index (χ2n) is 6.08. The van der Waals surface area contributed by atoms with Gasteiger partial charge in [-0.25, -0.2) is 0 Å². The predicted octanol–water partition coefficient (Wildman–Crippen LogP) is 5.94. The van der Waals surface area contributed by atoms with Crippen LogP contribution in [0.2, 0.25) is 10.0 Å². The van der Waals surface area contributed by atoms with Gasteiger partial charge in [0.1, 0.15) is 6.61 Å². The molecule has 154 valence electrons. The smallest absolute Gasteiger partial charge is 0.271 e. The molecule has 0 aliphatic carbocycles. The first-order chi connectivity index (χ1) is 14.5. The summed E-state index contributed by atoms with van der Waals surface area (Å²) in [7, 11) is 1.53. The third kappa shape index (κ3) is 5.40. The molecule has 0 fully saturated rings. The van der Waals surface area contributed by atoms with Crippen LogP contribution in [-0.4, -0.2) is 18.2 Å². The fourth-order valence-electron chi connectivity index (χ4n) is 2.57. The summed E-state index contributed by atoms with van der Waals surface area (Å²) in [4.78, 5) is 10.4. The average Bonchev–Trinajstić information content (AvgIpc) is 2.74. The van der Waals surface area contributed by atoms with E-state index in [4.69, 9.17) is 32.7 Å². The van der Waals surface area contributed by atoms with E-state index in [1.807, 2.05) is 0 Å². The molecule has 7 nitrogen and oxygen atoms in total. The average molecular weight is 446 g/mol. The minimum absolute atomic E-state index is 0.0167. The Bertz CT molecular complexity index is 1070. The van der Waals surface area contributed by atoms with E-state index < -0.39 is 4.92 Å². The largest absolute Gasteiger partial charge is 0.493 e. The van der Waals surface area contributed by atoms with Gasteiger partial charge in [-0.15, -0.1) is 0 Å². The number of nitrogens with zero attached hydrogens (tertiary/aromatic N) is 2. The van der Waals surface area contributed by atoms with Crippen LogP contribution in [0.5, 0.6) is 11.5 Å². The van der Waals surface area contributed by atoms with Crippen LogP contribution in [0, 0.1) is 10.1 Å². The van der Waals surface area contributed by atoms with Crippen molar-refractivity contribution >= 4 is 40.8 Å². The lowest BCUT2D eigenvalue weighted by Crippen LogP contribution is -2.00. The summed E-state index contributed by atoms with van der Waals surface area (Å²) < 4.78 is 11.2. The minimum Gasteiger partial charge on any atom is -0.493 e. The predicted molar refractivity (Wildman–Crippen MR) is 118 cm³/mol. The Morgan fingerprint density at radius 2 is 1.80 bits per heavy atom. The summed E-state index contributed by atoms with van der Waals surface area (Å²) in [5.41, 5.74) is 4.68. The summed E-state index contributed by atoms with van der Waals surface area (Å²) in [5.74, 6) is 1.04. The zero-order chi connectivity index (χ0) is 21.5. The molecule has 0 saturated carbocycles. The van der Waals surface area contributed by atoms with Crippen molar-refractivity contribution < 1.29 is 14.4 Å². The van der Waals surface area contributed by atoms with Gasteiger partial charge in [-0.3, -0.25) is 15.5 Å². The highest BCUT2D eigenvalue weighted by Gasteiger charge is 2.10. The summed E-state index contributed by atoms with van der Waals surface area (Å²) in [6.07, 6.45) is 1.57. The number of hydrogen-bond acceptors (Lipinski definition) is 6. The van der Waals surface area contributed by atoms with E-state index in [0.717, 1.165) is 5.56 Å². The molecule has 3 aromatic carbocycles. The molecular formula is C21H17Cl2N3O4. The Morgan fingerprint density at radius 3 is 2.50 bits per heavy atom. The third-order valence-corrected chi connectivity index (χ3v) is 4.79. The molecule has 0 aromatic heterocycles. The summed E-state index contributed by atoms with van der Waals surface area (Å²) >= 11 is 12.3. The monoisotopic (exact) mass is 445 g/mol. The number of ether oxygens (including phenoxy) is 2. The highest BCUT2D eigenvalue weighted by Crippen LogP contribution is 2.31. The van der Waals surface area contributed by atoms with Crippen molar-refractivity contribution in [1.82, 2.24) is 0 Å². The topological polar surface area (TPSA) is 86.0 Å². The number of benzene rings is 3. The van der Waals surface area contributed by atoms with Gasteiger partial charge in [0.25, 0.3) is 5.69 Å². The van der Waals surface area contributed by atoms with Gasteiger partial charge in [-0.1, -0.05) is 35.3 Å². The highest BCUT2D eigenvalue weighted by molar-refractivity contribution is 6.35. The van der Waals surface area contributed by atoms with Crippen molar-refractivity contribution in [2.75, 3.05) is 12.5 Å². The maximum absolute atomic E-state index is 10.8. The first-order valence-electron chi connectivity index (χ1n) is 8.75. The van der Waals surface area contributed by atoms with Crippen molar-refractivity contribution in [3.05, 3.63) is 92.0 Å². The fraction of sp³-hybridized carbons (Fsp3) is 0.0952. The fourth-order valence-corrected chi connectivity index (χ4v) is 3.08. The standard InChI is InChI=1S/C21H17Cl2N3O4/c1-29-21-10-14(12-24-25-15-4-2-5-16(11-15)26(27)28)8-9-20(21)30-13-17-18(22)6-3-7-19(17)23/h2-12,25H,13H2,1H3. The van der Waals surface area contributed by atoms with Gasteiger partial charge >= 0.3 is 0 Å². The van der Waals surface area contributed by atoms with Crippen LogP contribution in [0.3, 0.4) is 0 Å². The molecule has 0 atom stereocenters. The van der Waals surface area contributed by atoms with E-state index in [1.165, 1.54) is 19.2 Å². The molecule has 0 amide bonds. The van der Waals surface area contributed by atoms with Gasteiger partial charge in [0, 0.05) is 27.7 Å². The number of hydrazone groups is 1. The van der Waals surface area contributed by atoms with E-state index in [0.29, 0.717) is 32.8 Å². The number of nitro benzene ring substituents is 1. The maximum atomic E-state index is 10.8. The highest BCUT2D eigenvalue weighted by atomic mass is 35.5. The molecular weight excluding hydrogens is 429 g/mol. The maximum Gasteiger partial charge on any atom is 0.271 e. The van der Waals surface area contributed by atoms with Gasteiger partial charge in [-0.2, -0.15) is 5.10 Å². The quantitative estimate of drug-likeness (QED) is 0.263. The van der Waals surface area contributed by atoms with Crippen LogP contribution in [0.4, 0.5) is 11.4 Å². The van der Waals surface area contributed by atoms with Crippen molar-refractivity contribution in [2.45, 2.75) is 6.61 Å². The van der Waals surface area contributed by atoms with Gasteiger partial charge in [-0.05, 0) is 42.0 Å². The van der Waals surface area contributed by atoms with Crippen molar-refractivity contribution in [3.8, 4) is 11.5 Å². The summed E-state index contributed by atoms with van der Waals surface area (Å²) in [5, 5.41) is 16.0. The normalized spacial score (nSPS) is 10.8. The Morgan fingerprint density at radius 1 is 1.07 bits per heavy atom. The first-order valence-corrected chi connectivity index (χ1v) is 9.51. The molecule has 30 heavy (non-hydrogen) atoms. The molecule has 3 rings (SSSR count). The van der Waals surface area contributed by atoms with E-state index in [2.05, 4.69) is 10.5 Å². The molecule has 0 spiro atoms. The number of rotatable bonds is 8. The van der Waals surface area contributed by atoms with Gasteiger partial charge < -0.3 is 9.47 Å². The second-order valence-corrected chi connectivity index (χ2v) is 6.89. The van der Waals surface area contributed by atoms with E-state index in [-0.39, 0.29) is 12.3 Å². The molecule has 9 heteroatoms. The van der Waals surface area contributed by atoms with E-state index in [9.17, 15) is 10.1 Å². The van der Waals surface area contributed by atoms with Crippen LogP contribution in [0.15, 0.2) is 65.8 Å². The lowest BCUT2D eigenvalue weighted by molar-refractivity contribution is -0.384. The van der Waals surface area contributed by atoms with Gasteiger partial charge in [0.2, 0.25) is 0 Å². The van der Waals surface area contributed by atoms with Crippen molar-refractivity contribution in [2.24, 2.45) is 5.10 Å². The molecule has 0 unspecified atom stereocenters. The number of nitrogens with one attached hydrogen (secondary N) is 1. The van der Waals surface area contributed by atoms with Gasteiger partial charge in [0.05, 0.1) is 23.9 Å². The minimum atomic E-state index is -0.464. The molecule has 1 N–H and O–H groups in total. The zero-order valence-electron chi connectivity index (χ0n) is 15.8. The molecule has 0 bridgehead atoms. The summed E-state index contributed by atoms with van der Waals surface area (Å²) in [6.45, 7) is 0.191. The number of halogens is 2. The lowest BCUT2D eigenvalue weighted by Gasteiger charge is -2.13. The Balaban J connectivity index is 1.68. The van der Waals surface area contributed by atoms with Gasteiger partial charge in [0.15, 0.2) is 11.5 Å². The van der Waals surface area contributed by atoms with Crippen LogP contribution < -0.4 is 14.9 Å². The Labute approximate surface area is 183 Å². The molecule has 0 aliphatic heterocycles. The van der Waals surface area contributed by atoms with Crippen LogP contribution in [-0.2, 0) is 6.61 Å². The lowest BCUT2D eigenvalue weighted by atomic mass is 10.2. The molecule has 0 radical (unpaired) electrons. The Kier molecular flexibility index (Phi) is 7.11. The SMILES string of the molecule is COc1cc(C=NNc2cccc([N+](=O)[O-])c2)ccc1OCc1c(Cl)cccc1Cl. The Hall–Kier alpha value is -3.29. The van der Waals surface area contributed by atoms with E-state index >= 15 is 0 Å². The molecule has 0 saturated heterocycles. The molecule has 3 aromatic rings. The number of nitro groups is 1. The summed E-state index contributed by atoms with van der Waals surface area (Å²) in [6, 6.07) is 16.6. The zero-order valence-corrected chi connectivity index (χ0v) is 17.4. The molecule has 0 heterocycles. The molecule has 0 aliphatic rings. The number of hydrogen-bond donors (Lipinski definition) is 1. The van der Waals surface area contributed by atoms with Crippen LogP contribution >= 0.6 is 23.2 Å². The van der Waals surface area contributed by atoms with Crippen LogP contribution in [0.1, 0.15) is 11.1 Å². The van der Waals surface area contributed by atoms with Crippen molar-refractivity contribution in [1.29, 1.82) is 0 Å². The second kappa shape index (κ2) is 9.96. The number of non-ortho nitro benzene ring substituents is 1. The third-order valence-electron chi connectivity index (χ3n) is 4.09. The number of methoxy groups -OCH3 is 1. The number of anilines is 1. The van der Waals surface area contributed by atoms with Crippen LogP contribution in [0.25, 0.3) is 0 Å².